The van der Waals surface area contributed by atoms with Crippen LogP contribution in [-0.4, -0.2) is 43.9 Å². The molecule has 0 aliphatic rings. The van der Waals surface area contributed by atoms with Gasteiger partial charge in [-0.1, -0.05) is 24.0 Å². The summed E-state index contributed by atoms with van der Waals surface area (Å²) in [5.74, 6) is 5.32. The molecule has 0 saturated heterocycles. The second kappa shape index (κ2) is 7.97. The molecule has 20 heavy (non-hydrogen) atoms. The highest BCUT2D eigenvalue weighted by molar-refractivity contribution is 5.96. The van der Waals surface area contributed by atoms with Gasteiger partial charge in [0.2, 0.25) is 5.91 Å². The lowest BCUT2D eigenvalue weighted by Crippen LogP contribution is -2.30. The van der Waals surface area contributed by atoms with Crippen LogP contribution in [0, 0.1) is 11.8 Å². The second-order valence-electron chi connectivity index (χ2n) is 4.35. The molecule has 5 heteroatoms. The number of hydrogen-bond acceptors (Lipinski definition) is 3. The Morgan fingerprint density at radius 2 is 2.00 bits per heavy atom. The normalized spacial score (nSPS) is 9.35. The maximum atomic E-state index is 12.0. The van der Waals surface area contributed by atoms with Gasteiger partial charge < -0.3 is 16.0 Å². The topological polar surface area (TPSA) is 75.4 Å². The van der Waals surface area contributed by atoms with Gasteiger partial charge in [-0.15, -0.1) is 0 Å². The Morgan fingerprint density at radius 1 is 1.30 bits per heavy atom. The van der Waals surface area contributed by atoms with Gasteiger partial charge in [0.25, 0.3) is 5.91 Å². The predicted octanol–water partition coefficient (Wildman–Crippen LogP) is 0.205. The van der Waals surface area contributed by atoms with Crippen LogP contribution in [-0.2, 0) is 4.79 Å². The summed E-state index contributed by atoms with van der Waals surface area (Å²) < 4.78 is 0. The second-order valence-corrected chi connectivity index (χ2v) is 4.35. The highest BCUT2D eigenvalue weighted by Gasteiger charge is 2.10. The van der Waals surface area contributed by atoms with Gasteiger partial charge >= 0.3 is 0 Å². The number of hydrogen-bond donors (Lipinski definition) is 2. The third kappa shape index (κ3) is 4.75. The zero-order valence-corrected chi connectivity index (χ0v) is 11.8. The van der Waals surface area contributed by atoms with Crippen molar-refractivity contribution in [1.82, 2.24) is 10.2 Å². The molecule has 0 aliphatic carbocycles. The molecule has 0 radical (unpaired) electrons. The molecule has 1 aromatic rings. The Bertz CT molecular complexity index is 542. The summed E-state index contributed by atoms with van der Waals surface area (Å²) in [6.07, 6.45) is 0.273. The lowest BCUT2D eigenvalue weighted by Gasteiger charge is -2.11. The lowest BCUT2D eigenvalue weighted by atomic mass is 10.1. The van der Waals surface area contributed by atoms with E-state index >= 15 is 0 Å². The van der Waals surface area contributed by atoms with E-state index in [-0.39, 0.29) is 24.8 Å². The van der Waals surface area contributed by atoms with Crippen LogP contribution in [0.4, 0.5) is 0 Å². The first-order valence-electron chi connectivity index (χ1n) is 6.32. The van der Waals surface area contributed by atoms with Gasteiger partial charge in [0, 0.05) is 32.6 Å². The number of carbonyl (C=O) groups excluding carboxylic acids is 2. The molecular weight excluding hydrogens is 254 g/mol. The van der Waals surface area contributed by atoms with E-state index in [0.717, 1.165) is 0 Å². The number of benzene rings is 1. The molecule has 2 amide bonds. The van der Waals surface area contributed by atoms with E-state index < -0.39 is 0 Å². The summed E-state index contributed by atoms with van der Waals surface area (Å²) in [5, 5.41) is 2.72. The predicted molar refractivity (Wildman–Crippen MR) is 78.0 cm³/mol. The zero-order valence-electron chi connectivity index (χ0n) is 11.8. The highest BCUT2D eigenvalue weighted by atomic mass is 16.2. The van der Waals surface area contributed by atoms with Crippen molar-refractivity contribution in [2.75, 3.05) is 27.2 Å². The first kappa shape index (κ1) is 15.7. The van der Waals surface area contributed by atoms with Gasteiger partial charge in [-0.3, -0.25) is 9.59 Å². The van der Waals surface area contributed by atoms with Crippen molar-refractivity contribution in [2.24, 2.45) is 5.73 Å². The van der Waals surface area contributed by atoms with Gasteiger partial charge in [0.1, 0.15) is 0 Å². The molecule has 106 valence electrons. The molecule has 3 N–H and O–H groups in total. The third-order valence-corrected chi connectivity index (χ3v) is 2.62. The first-order valence-corrected chi connectivity index (χ1v) is 6.32. The number of nitrogens with two attached hydrogens (primary N) is 1. The van der Waals surface area contributed by atoms with Gasteiger partial charge in [-0.2, -0.15) is 0 Å². The first-order chi connectivity index (χ1) is 9.56. The SMILES string of the molecule is CN(C)C(=O)CCNC(=O)c1ccccc1C#CCN. The lowest BCUT2D eigenvalue weighted by molar-refractivity contribution is -0.128. The van der Waals surface area contributed by atoms with Gasteiger partial charge in [0.15, 0.2) is 0 Å². The quantitative estimate of drug-likeness (QED) is 0.770. The number of nitrogens with one attached hydrogen (secondary N) is 1. The van der Waals surface area contributed by atoms with Crippen LogP contribution in [0.2, 0.25) is 0 Å². The van der Waals surface area contributed by atoms with Crippen LogP contribution in [0.3, 0.4) is 0 Å². The Labute approximate surface area is 119 Å². The van der Waals surface area contributed by atoms with Crippen LogP contribution in [0.25, 0.3) is 0 Å². The van der Waals surface area contributed by atoms with Crippen LogP contribution < -0.4 is 11.1 Å². The minimum absolute atomic E-state index is 0.0264. The number of amides is 2. The van der Waals surface area contributed by atoms with E-state index in [1.807, 2.05) is 6.07 Å². The Hall–Kier alpha value is -2.32. The third-order valence-electron chi connectivity index (χ3n) is 2.62. The van der Waals surface area contributed by atoms with Crippen molar-refractivity contribution < 1.29 is 9.59 Å². The van der Waals surface area contributed by atoms with E-state index in [2.05, 4.69) is 17.2 Å². The molecule has 0 fully saturated rings. The van der Waals surface area contributed by atoms with E-state index in [1.165, 1.54) is 4.90 Å². The monoisotopic (exact) mass is 273 g/mol. The molecule has 0 atom stereocenters. The fraction of sp³-hybridized carbons (Fsp3) is 0.333. The molecule has 0 unspecified atom stereocenters. The molecule has 5 nitrogen and oxygen atoms in total. The maximum absolute atomic E-state index is 12.0. The summed E-state index contributed by atoms with van der Waals surface area (Å²) in [6.45, 7) is 0.543. The maximum Gasteiger partial charge on any atom is 0.252 e. The number of carbonyl (C=O) groups is 2. The van der Waals surface area contributed by atoms with E-state index in [0.29, 0.717) is 17.7 Å². The molecule has 1 aromatic carbocycles. The Morgan fingerprint density at radius 3 is 2.65 bits per heavy atom. The zero-order chi connectivity index (χ0) is 15.0. The summed E-state index contributed by atoms with van der Waals surface area (Å²) in [5.41, 5.74) is 6.45. The molecule has 0 spiro atoms. The molecule has 0 heterocycles. The molecule has 0 aliphatic heterocycles. The summed E-state index contributed by atoms with van der Waals surface area (Å²) in [4.78, 5) is 24.9. The number of rotatable bonds is 4. The van der Waals surface area contributed by atoms with Gasteiger partial charge in [-0.25, -0.2) is 0 Å². The minimum Gasteiger partial charge on any atom is -0.351 e. The highest BCUT2D eigenvalue weighted by Crippen LogP contribution is 2.07. The average Bonchev–Trinajstić information content (AvgIpc) is 2.45. The van der Waals surface area contributed by atoms with Crippen LogP contribution in [0.1, 0.15) is 22.3 Å². The molecule has 0 bridgehead atoms. The fourth-order valence-corrected chi connectivity index (χ4v) is 1.54. The largest absolute Gasteiger partial charge is 0.351 e. The molecule has 0 aromatic heterocycles. The van der Waals surface area contributed by atoms with Gasteiger partial charge in [-0.05, 0) is 12.1 Å². The van der Waals surface area contributed by atoms with Crippen molar-refractivity contribution in [3.8, 4) is 11.8 Å². The number of nitrogens with zero attached hydrogens (tertiary/aromatic N) is 1. The van der Waals surface area contributed by atoms with Crippen LogP contribution in [0.5, 0.6) is 0 Å². The van der Waals surface area contributed by atoms with Crippen molar-refractivity contribution in [3.63, 3.8) is 0 Å². The van der Waals surface area contributed by atoms with E-state index in [9.17, 15) is 9.59 Å². The standard InChI is InChI=1S/C15H19N3O2/c1-18(2)14(19)9-11-17-15(20)13-8-4-3-6-12(13)7-5-10-16/h3-4,6,8H,9-11,16H2,1-2H3,(H,17,20). The van der Waals surface area contributed by atoms with Crippen LogP contribution >= 0.6 is 0 Å². The van der Waals surface area contributed by atoms with E-state index in [4.69, 9.17) is 5.73 Å². The summed E-state index contributed by atoms with van der Waals surface area (Å²) in [7, 11) is 3.36. The Balaban J connectivity index is 2.66. The smallest absolute Gasteiger partial charge is 0.252 e. The van der Waals surface area contributed by atoms with E-state index in [1.54, 1.807) is 32.3 Å². The minimum atomic E-state index is -0.238. The Kier molecular flexibility index (Phi) is 6.27. The summed E-state index contributed by atoms with van der Waals surface area (Å²) in [6, 6.07) is 7.05. The van der Waals surface area contributed by atoms with Crippen molar-refractivity contribution in [3.05, 3.63) is 35.4 Å². The van der Waals surface area contributed by atoms with Crippen LogP contribution in [0.15, 0.2) is 24.3 Å². The average molecular weight is 273 g/mol. The van der Waals surface area contributed by atoms with Crippen molar-refractivity contribution in [2.45, 2.75) is 6.42 Å². The summed E-state index contributed by atoms with van der Waals surface area (Å²) >= 11 is 0. The molecule has 1 rings (SSSR count). The fourth-order valence-electron chi connectivity index (χ4n) is 1.54. The molecular formula is C15H19N3O2. The molecule has 0 saturated carbocycles. The van der Waals surface area contributed by atoms with Crippen molar-refractivity contribution in [1.29, 1.82) is 0 Å². The van der Waals surface area contributed by atoms with Gasteiger partial charge in [0.05, 0.1) is 12.1 Å². The van der Waals surface area contributed by atoms with Crippen molar-refractivity contribution >= 4 is 11.8 Å².